The molecule has 1 aromatic heterocycles. The van der Waals surface area contributed by atoms with Crippen LogP contribution in [0.3, 0.4) is 0 Å². The van der Waals surface area contributed by atoms with Gasteiger partial charge < -0.3 is 9.47 Å². The van der Waals surface area contributed by atoms with Crippen LogP contribution in [0.15, 0.2) is 41.2 Å². The molecule has 3 aromatic rings. The van der Waals surface area contributed by atoms with Gasteiger partial charge in [0.1, 0.15) is 11.5 Å². The molecule has 3 rings (SSSR count). The van der Waals surface area contributed by atoms with Crippen molar-refractivity contribution in [3.8, 4) is 11.5 Å². The summed E-state index contributed by atoms with van der Waals surface area (Å²) < 4.78 is 13.0. The Bertz CT molecular complexity index is 883. The standard InChI is InChI=1S/C18H18O3S/c1-4-11(2)21-12-8-9-13-16(10-12)22-15-7-5-6-14(20-3)17(15)18(13)19/h5-11H,4H2,1-3H3/t11-/m0/s1. The van der Waals surface area contributed by atoms with Crippen molar-refractivity contribution in [1.82, 2.24) is 0 Å². The van der Waals surface area contributed by atoms with Gasteiger partial charge in [0.05, 0.1) is 18.6 Å². The summed E-state index contributed by atoms with van der Waals surface area (Å²) in [5.41, 5.74) is 0.0105. The van der Waals surface area contributed by atoms with Crippen LogP contribution in [0, 0.1) is 0 Å². The lowest BCUT2D eigenvalue weighted by atomic mass is 10.1. The van der Waals surface area contributed by atoms with Crippen molar-refractivity contribution in [2.24, 2.45) is 0 Å². The Kier molecular flexibility index (Phi) is 4.03. The molecule has 0 aliphatic rings. The molecule has 0 saturated heterocycles. The Balaban J connectivity index is 2.23. The maximum absolute atomic E-state index is 12.7. The highest BCUT2D eigenvalue weighted by Gasteiger charge is 2.11. The van der Waals surface area contributed by atoms with Gasteiger partial charge in [0.15, 0.2) is 5.43 Å². The number of rotatable bonds is 4. The highest BCUT2D eigenvalue weighted by atomic mass is 32.1. The molecule has 0 bridgehead atoms. The topological polar surface area (TPSA) is 35.5 Å². The number of ether oxygens (including phenoxy) is 2. The zero-order chi connectivity index (χ0) is 15.7. The summed E-state index contributed by atoms with van der Waals surface area (Å²) in [5.74, 6) is 1.43. The van der Waals surface area contributed by atoms with Crippen LogP contribution < -0.4 is 14.9 Å². The van der Waals surface area contributed by atoms with Gasteiger partial charge in [0.25, 0.3) is 0 Å². The molecule has 3 nitrogen and oxygen atoms in total. The van der Waals surface area contributed by atoms with Crippen molar-refractivity contribution in [2.45, 2.75) is 26.4 Å². The van der Waals surface area contributed by atoms with Gasteiger partial charge >= 0.3 is 0 Å². The summed E-state index contributed by atoms with van der Waals surface area (Å²) >= 11 is 1.58. The van der Waals surface area contributed by atoms with Crippen molar-refractivity contribution in [2.75, 3.05) is 7.11 Å². The van der Waals surface area contributed by atoms with Crippen LogP contribution in [0.1, 0.15) is 20.3 Å². The third-order valence-electron chi connectivity index (χ3n) is 3.76. The highest BCUT2D eigenvalue weighted by Crippen LogP contribution is 2.32. The molecule has 0 spiro atoms. The number of benzene rings is 2. The average Bonchev–Trinajstić information content (AvgIpc) is 2.54. The minimum absolute atomic E-state index is 0.0105. The predicted octanol–water partition coefficient (Wildman–Crippen LogP) is 4.60. The van der Waals surface area contributed by atoms with Crippen LogP contribution in [0.5, 0.6) is 11.5 Å². The lowest BCUT2D eigenvalue weighted by Gasteiger charge is -2.13. The van der Waals surface area contributed by atoms with Crippen LogP contribution in [0.25, 0.3) is 20.2 Å². The fourth-order valence-corrected chi connectivity index (χ4v) is 3.53. The van der Waals surface area contributed by atoms with Crippen molar-refractivity contribution in [1.29, 1.82) is 0 Å². The molecule has 4 heteroatoms. The Morgan fingerprint density at radius 1 is 1.18 bits per heavy atom. The molecule has 0 aliphatic heterocycles. The predicted molar refractivity (Wildman–Crippen MR) is 92.5 cm³/mol. The lowest BCUT2D eigenvalue weighted by Crippen LogP contribution is -2.10. The SMILES string of the molecule is CC[C@H](C)Oc1ccc2c(=O)c3c(OC)cccc3sc2c1. The molecular weight excluding hydrogens is 296 g/mol. The molecule has 0 aliphatic carbocycles. The highest BCUT2D eigenvalue weighted by molar-refractivity contribution is 7.24. The third kappa shape index (κ3) is 2.55. The Morgan fingerprint density at radius 2 is 2.00 bits per heavy atom. The average molecular weight is 314 g/mol. The van der Waals surface area contributed by atoms with Crippen molar-refractivity contribution in [3.63, 3.8) is 0 Å². The minimum Gasteiger partial charge on any atom is -0.496 e. The summed E-state index contributed by atoms with van der Waals surface area (Å²) in [7, 11) is 1.59. The van der Waals surface area contributed by atoms with E-state index >= 15 is 0 Å². The maximum atomic E-state index is 12.7. The molecule has 0 saturated carbocycles. The molecule has 1 heterocycles. The fourth-order valence-electron chi connectivity index (χ4n) is 2.41. The Labute approximate surface area is 133 Å². The first-order chi connectivity index (χ1) is 10.6. The Hall–Kier alpha value is -2.07. The van der Waals surface area contributed by atoms with E-state index in [1.54, 1.807) is 18.4 Å². The zero-order valence-corrected chi connectivity index (χ0v) is 13.7. The number of hydrogen-bond donors (Lipinski definition) is 0. The third-order valence-corrected chi connectivity index (χ3v) is 4.88. The summed E-state index contributed by atoms with van der Waals surface area (Å²) in [6.45, 7) is 4.13. The maximum Gasteiger partial charge on any atom is 0.199 e. The smallest absolute Gasteiger partial charge is 0.199 e. The molecule has 22 heavy (non-hydrogen) atoms. The number of hydrogen-bond acceptors (Lipinski definition) is 4. The Morgan fingerprint density at radius 3 is 2.73 bits per heavy atom. The molecule has 1 atom stereocenters. The van der Waals surface area contributed by atoms with E-state index in [4.69, 9.17) is 9.47 Å². The van der Waals surface area contributed by atoms with Crippen LogP contribution in [-0.2, 0) is 0 Å². The molecule has 0 amide bonds. The molecule has 0 radical (unpaired) electrons. The van der Waals surface area contributed by atoms with E-state index in [1.807, 2.05) is 43.3 Å². The van der Waals surface area contributed by atoms with Gasteiger partial charge in [0, 0.05) is 14.8 Å². The van der Waals surface area contributed by atoms with Gasteiger partial charge in [-0.3, -0.25) is 4.79 Å². The monoisotopic (exact) mass is 314 g/mol. The summed E-state index contributed by atoms with van der Waals surface area (Å²) in [5, 5.41) is 1.36. The summed E-state index contributed by atoms with van der Waals surface area (Å²) in [6, 6.07) is 11.3. The molecule has 2 aromatic carbocycles. The van der Waals surface area contributed by atoms with Gasteiger partial charge in [-0.2, -0.15) is 0 Å². The molecule has 0 N–H and O–H groups in total. The van der Waals surface area contributed by atoms with Crippen molar-refractivity contribution < 1.29 is 9.47 Å². The second-order valence-corrected chi connectivity index (χ2v) is 6.34. The lowest BCUT2D eigenvalue weighted by molar-refractivity contribution is 0.218. The first-order valence-electron chi connectivity index (χ1n) is 7.34. The van der Waals surface area contributed by atoms with Gasteiger partial charge in [-0.25, -0.2) is 0 Å². The van der Waals surface area contributed by atoms with Crippen LogP contribution in [0.4, 0.5) is 0 Å². The van der Waals surface area contributed by atoms with E-state index < -0.39 is 0 Å². The van der Waals surface area contributed by atoms with Crippen LogP contribution >= 0.6 is 11.3 Å². The molecular formula is C18H18O3S. The minimum atomic E-state index is 0.0105. The van der Waals surface area contributed by atoms with E-state index in [2.05, 4.69) is 6.92 Å². The zero-order valence-electron chi connectivity index (χ0n) is 12.9. The second kappa shape index (κ2) is 5.97. The first kappa shape index (κ1) is 14.9. The van der Waals surface area contributed by atoms with Gasteiger partial charge in [-0.15, -0.1) is 11.3 Å². The molecule has 0 unspecified atom stereocenters. The van der Waals surface area contributed by atoms with E-state index in [0.717, 1.165) is 21.6 Å². The van der Waals surface area contributed by atoms with Gasteiger partial charge in [0.2, 0.25) is 0 Å². The number of fused-ring (bicyclic) bond motifs is 2. The van der Waals surface area contributed by atoms with Crippen molar-refractivity contribution >= 4 is 31.5 Å². The number of methoxy groups -OCH3 is 1. The van der Waals surface area contributed by atoms with E-state index in [1.165, 1.54) is 0 Å². The van der Waals surface area contributed by atoms with E-state index in [0.29, 0.717) is 16.5 Å². The molecule has 114 valence electrons. The normalized spacial score (nSPS) is 12.5. The van der Waals surface area contributed by atoms with Crippen molar-refractivity contribution in [3.05, 3.63) is 46.6 Å². The summed E-state index contributed by atoms with van der Waals surface area (Å²) in [6.07, 6.45) is 1.11. The quantitative estimate of drug-likeness (QED) is 0.660. The van der Waals surface area contributed by atoms with Gasteiger partial charge in [-0.05, 0) is 43.7 Å². The summed E-state index contributed by atoms with van der Waals surface area (Å²) in [4.78, 5) is 12.7. The first-order valence-corrected chi connectivity index (χ1v) is 8.16. The van der Waals surface area contributed by atoms with Crippen LogP contribution in [-0.4, -0.2) is 13.2 Å². The molecule has 0 fully saturated rings. The van der Waals surface area contributed by atoms with E-state index in [-0.39, 0.29) is 11.5 Å². The largest absolute Gasteiger partial charge is 0.496 e. The van der Waals surface area contributed by atoms with E-state index in [9.17, 15) is 4.79 Å². The van der Waals surface area contributed by atoms with Crippen LogP contribution in [0.2, 0.25) is 0 Å². The second-order valence-electron chi connectivity index (χ2n) is 5.26. The van der Waals surface area contributed by atoms with Gasteiger partial charge in [-0.1, -0.05) is 13.0 Å². The fraction of sp³-hybridized carbons (Fsp3) is 0.278.